The molecule has 1 unspecified atom stereocenters. The van der Waals surface area contributed by atoms with Crippen molar-refractivity contribution in [1.82, 2.24) is 47.1 Å². The van der Waals surface area contributed by atoms with Crippen LogP contribution in [-0.2, 0) is 41.6 Å². The highest BCUT2D eigenvalue weighted by molar-refractivity contribution is 6.09. The highest BCUT2D eigenvalue weighted by Crippen LogP contribution is 2.39. The van der Waals surface area contributed by atoms with E-state index in [1.165, 1.54) is 0 Å². The lowest BCUT2D eigenvalue weighted by Gasteiger charge is -2.42. The monoisotopic (exact) mass is 918 g/mol. The number of amides is 7. The van der Waals surface area contributed by atoms with Crippen molar-refractivity contribution < 1.29 is 33.6 Å². The van der Waals surface area contributed by atoms with Gasteiger partial charge in [-0.25, -0.2) is 9.69 Å². The minimum Gasteiger partial charge on any atom is -0.370 e. The standard InChI is InChI=1S/C48H62N12O7/c1-52-39-42(64)58-38(26-32-27-54-35-13-5-4-12-34(32)35)41(63)57-36(40(49)62)14-6-9-22-55-47(39,21-23-53-45(50)51)20-17-37-43(65)60(46(67)59-37)48(18-7-8-19-48)44(66)56-33(28-61)25-29-15-16-30-10-2-3-11-31(30)24-29/h2-5,10-13,15-16,24,27-28,33,36-39,52,54-55H,6-9,14,17-23,25-26H2,1H3,(H2,49,62)(H,56,66)(H,57,63)(H,58,64)(H,59,67)(H4,50,51,53)/t33-,36+,37+,38+,39-,47?/m1/s1. The number of carbonyl (C=O) groups is 7. The van der Waals surface area contributed by atoms with Gasteiger partial charge in [0.15, 0.2) is 5.96 Å². The number of rotatable bonds is 16. The van der Waals surface area contributed by atoms with E-state index in [1.807, 2.05) is 66.7 Å². The van der Waals surface area contributed by atoms with E-state index < -0.39 is 76.9 Å². The van der Waals surface area contributed by atoms with Gasteiger partial charge in [-0.15, -0.1) is 0 Å². The number of hydrogen-bond donors (Lipinski definition) is 11. The summed E-state index contributed by atoms with van der Waals surface area (Å²) in [6.07, 6.45) is 5.89. The number of guanidine groups is 1. The van der Waals surface area contributed by atoms with E-state index in [2.05, 4.69) is 42.2 Å². The van der Waals surface area contributed by atoms with E-state index in [0.717, 1.165) is 37.7 Å². The molecule has 4 aromatic rings. The van der Waals surface area contributed by atoms with Crippen molar-refractivity contribution in [3.8, 4) is 0 Å². The summed E-state index contributed by atoms with van der Waals surface area (Å²) in [4.78, 5) is 101. The van der Waals surface area contributed by atoms with Gasteiger partial charge in [0.25, 0.3) is 5.91 Å². The molecule has 1 saturated carbocycles. The summed E-state index contributed by atoms with van der Waals surface area (Å²) in [6.45, 7) is 0.468. The Morgan fingerprint density at radius 2 is 1.64 bits per heavy atom. The van der Waals surface area contributed by atoms with E-state index in [4.69, 9.17) is 16.9 Å². The van der Waals surface area contributed by atoms with Gasteiger partial charge in [0.1, 0.15) is 36.0 Å². The second-order valence-corrected chi connectivity index (χ2v) is 18.0. The van der Waals surface area contributed by atoms with Crippen LogP contribution in [0.5, 0.6) is 0 Å². The molecule has 0 bridgehead atoms. The number of hydrogen-bond acceptors (Lipinski definition) is 10. The fourth-order valence-corrected chi connectivity index (χ4v) is 10.2. The lowest BCUT2D eigenvalue weighted by atomic mass is 9.79. The van der Waals surface area contributed by atoms with Crippen molar-refractivity contribution in [2.24, 2.45) is 11.5 Å². The maximum Gasteiger partial charge on any atom is 0.325 e. The van der Waals surface area contributed by atoms with E-state index in [-0.39, 0.29) is 63.9 Å². The van der Waals surface area contributed by atoms with Gasteiger partial charge in [-0.1, -0.05) is 73.5 Å². The number of H-pyrrole nitrogens is 1. The summed E-state index contributed by atoms with van der Waals surface area (Å²) in [7, 11) is 1.61. The molecule has 67 heavy (non-hydrogen) atoms. The number of nitrogens with two attached hydrogens (primary N) is 2. The SMILES string of the molecule is CN[C@@H]1C(=O)N[C@@H](Cc2c[nH]c3ccccc23)C(=O)N[C@H](C(N)=O)CCCCNC1(CCNC(=N)N)CC[C@@H]1NC(=O)N(C2(C(=O)N[C@@H](C=O)Cc3ccc4ccccc4c3)CCCC2)C1=O. The summed E-state index contributed by atoms with van der Waals surface area (Å²) in [5.74, 6) is -3.32. The van der Waals surface area contributed by atoms with Gasteiger partial charge in [-0.05, 0) is 99.3 Å². The lowest BCUT2D eigenvalue weighted by molar-refractivity contribution is -0.143. The number of aromatic amines is 1. The number of urea groups is 1. The number of fused-ring (bicyclic) bond motifs is 2. The molecule has 13 N–H and O–H groups in total. The Kier molecular flexibility index (Phi) is 15.2. The molecule has 2 aliphatic heterocycles. The highest BCUT2D eigenvalue weighted by Gasteiger charge is 2.56. The van der Waals surface area contributed by atoms with Crippen LogP contribution in [0.3, 0.4) is 0 Å². The Labute approximate surface area is 388 Å². The van der Waals surface area contributed by atoms with Gasteiger partial charge < -0.3 is 58.5 Å². The van der Waals surface area contributed by atoms with Crippen LogP contribution in [0.4, 0.5) is 4.79 Å². The summed E-state index contributed by atoms with van der Waals surface area (Å²) in [5, 5.41) is 31.7. The molecular formula is C48H62N12O7. The Bertz CT molecular complexity index is 2500. The van der Waals surface area contributed by atoms with Gasteiger partial charge in [0, 0.05) is 35.6 Å². The summed E-state index contributed by atoms with van der Waals surface area (Å²) >= 11 is 0. The zero-order valence-electron chi connectivity index (χ0n) is 37.8. The third-order valence-electron chi connectivity index (χ3n) is 13.7. The van der Waals surface area contributed by atoms with Gasteiger partial charge >= 0.3 is 6.03 Å². The molecule has 0 spiro atoms. The molecule has 3 fully saturated rings. The first-order valence-corrected chi connectivity index (χ1v) is 23.1. The van der Waals surface area contributed by atoms with Crippen LogP contribution in [0.15, 0.2) is 72.9 Å². The van der Waals surface area contributed by atoms with Gasteiger partial charge in [0.2, 0.25) is 23.6 Å². The van der Waals surface area contributed by atoms with Crippen molar-refractivity contribution in [3.63, 3.8) is 0 Å². The van der Waals surface area contributed by atoms with E-state index >= 15 is 0 Å². The first-order chi connectivity index (χ1) is 32.3. The van der Waals surface area contributed by atoms with Crippen molar-refractivity contribution in [2.75, 3.05) is 20.1 Å². The Hall–Kier alpha value is -6.86. The van der Waals surface area contributed by atoms with Crippen molar-refractivity contribution in [2.45, 2.75) is 118 Å². The number of imide groups is 1. The van der Waals surface area contributed by atoms with Crippen molar-refractivity contribution >= 4 is 69.5 Å². The summed E-state index contributed by atoms with van der Waals surface area (Å²) in [5.41, 5.74) is 11.2. The Balaban J connectivity index is 1.14. The molecule has 7 amide bonds. The molecule has 3 aliphatic rings. The predicted octanol–water partition coefficient (Wildman–Crippen LogP) is 1.23. The quantitative estimate of drug-likeness (QED) is 0.0329. The fraction of sp³-hybridized carbons (Fsp3) is 0.458. The number of carbonyl (C=O) groups excluding carboxylic acids is 7. The van der Waals surface area contributed by atoms with E-state index in [0.29, 0.717) is 38.5 Å². The molecule has 19 heteroatoms. The molecule has 2 saturated heterocycles. The zero-order valence-corrected chi connectivity index (χ0v) is 37.8. The molecule has 1 aromatic heterocycles. The first-order valence-electron chi connectivity index (χ1n) is 23.1. The maximum atomic E-state index is 14.8. The highest BCUT2D eigenvalue weighted by atomic mass is 16.2. The Morgan fingerprint density at radius 1 is 0.896 bits per heavy atom. The lowest BCUT2D eigenvalue weighted by Crippen LogP contribution is -2.67. The molecule has 1 aliphatic carbocycles. The van der Waals surface area contributed by atoms with Gasteiger partial charge in [0.05, 0.1) is 6.04 Å². The third-order valence-corrected chi connectivity index (χ3v) is 13.7. The number of likely N-dealkylation sites (N-methyl/N-ethyl adjacent to an activating group) is 1. The molecule has 3 heterocycles. The van der Waals surface area contributed by atoms with E-state index in [1.54, 1.807) is 13.2 Å². The molecule has 3 aromatic carbocycles. The molecule has 0 radical (unpaired) electrons. The number of benzene rings is 3. The Morgan fingerprint density at radius 3 is 2.37 bits per heavy atom. The topological polar surface area (TPSA) is 299 Å². The number of nitrogens with zero attached hydrogens (tertiary/aromatic N) is 1. The first kappa shape index (κ1) is 48.1. The minimum absolute atomic E-state index is 0.0270. The fourth-order valence-electron chi connectivity index (χ4n) is 10.2. The average Bonchev–Trinajstić information content (AvgIpc) is 4.04. The second-order valence-electron chi connectivity index (χ2n) is 18.0. The number of aldehydes is 1. The summed E-state index contributed by atoms with van der Waals surface area (Å²) in [6, 6.07) is 15.3. The van der Waals surface area contributed by atoms with Crippen LogP contribution in [0, 0.1) is 5.41 Å². The van der Waals surface area contributed by atoms with Crippen LogP contribution >= 0.6 is 0 Å². The zero-order chi connectivity index (χ0) is 47.7. The second kappa shape index (κ2) is 21.2. The maximum absolute atomic E-state index is 14.8. The van der Waals surface area contributed by atoms with Gasteiger partial charge in [-0.2, -0.15) is 0 Å². The molecule has 7 rings (SSSR count). The molecule has 356 valence electrons. The molecule has 6 atom stereocenters. The largest absolute Gasteiger partial charge is 0.370 e. The normalized spacial score (nSPS) is 24.1. The average molecular weight is 919 g/mol. The van der Waals surface area contributed by atoms with Crippen LogP contribution in [-0.4, -0.2) is 119 Å². The van der Waals surface area contributed by atoms with Crippen LogP contribution in [0.25, 0.3) is 21.7 Å². The molecule has 19 nitrogen and oxygen atoms in total. The van der Waals surface area contributed by atoms with Gasteiger partial charge in [-0.3, -0.25) is 29.4 Å². The predicted molar refractivity (Wildman–Crippen MR) is 252 cm³/mol. The number of nitrogens with one attached hydrogen (secondary N) is 9. The number of aromatic nitrogens is 1. The molecular weight excluding hydrogens is 857 g/mol. The number of primary amides is 1. The minimum atomic E-state index is -1.52. The van der Waals surface area contributed by atoms with Crippen LogP contribution in [0.1, 0.15) is 75.3 Å². The van der Waals surface area contributed by atoms with Crippen LogP contribution in [0.2, 0.25) is 0 Å². The van der Waals surface area contributed by atoms with Crippen molar-refractivity contribution in [1.29, 1.82) is 5.41 Å². The van der Waals surface area contributed by atoms with E-state index in [9.17, 15) is 33.6 Å². The van der Waals surface area contributed by atoms with Crippen molar-refractivity contribution in [3.05, 3.63) is 84.1 Å². The third kappa shape index (κ3) is 10.7. The van der Waals surface area contributed by atoms with Crippen LogP contribution < -0.4 is 48.7 Å². The summed E-state index contributed by atoms with van der Waals surface area (Å²) < 4.78 is 0. The smallest absolute Gasteiger partial charge is 0.325 e. The number of para-hydroxylation sites is 1.